The molecule has 2 heterocycles. The molecular weight excluding hydrogens is 224 g/mol. The highest BCUT2D eigenvalue weighted by Gasteiger charge is 2.19. The van der Waals surface area contributed by atoms with Crippen molar-refractivity contribution in [3.63, 3.8) is 0 Å². The van der Waals surface area contributed by atoms with Crippen LogP contribution in [0.2, 0.25) is 5.02 Å². The molecule has 0 N–H and O–H groups in total. The van der Waals surface area contributed by atoms with E-state index in [0.29, 0.717) is 5.02 Å². The molecular formula is C11H13ClN4. The van der Waals surface area contributed by atoms with E-state index in [1.165, 1.54) is 0 Å². The maximum absolute atomic E-state index is 6.09. The summed E-state index contributed by atoms with van der Waals surface area (Å²) in [6.45, 7) is 6.28. The second-order valence-corrected chi connectivity index (χ2v) is 4.96. The first-order chi connectivity index (χ1) is 7.50. The average molecular weight is 237 g/mol. The summed E-state index contributed by atoms with van der Waals surface area (Å²) in [6, 6.07) is 1.84. The Morgan fingerprint density at radius 1 is 1.31 bits per heavy atom. The molecule has 16 heavy (non-hydrogen) atoms. The number of rotatable bonds is 1. The maximum atomic E-state index is 6.09. The molecule has 84 valence electrons. The van der Waals surface area contributed by atoms with Crippen LogP contribution in [0.25, 0.3) is 11.4 Å². The van der Waals surface area contributed by atoms with Gasteiger partial charge in [-0.1, -0.05) is 11.6 Å². The third-order valence-electron chi connectivity index (χ3n) is 2.28. The van der Waals surface area contributed by atoms with Crippen LogP contribution in [-0.2, 0) is 5.54 Å². The van der Waals surface area contributed by atoms with Crippen LogP contribution in [0, 0.1) is 0 Å². The van der Waals surface area contributed by atoms with Crippen LogP contribution in [0.4, 0.5) is 0 Å². The van der Waals surface area contributed by atoms with E-state index in [-0.39, 0.29) is 5.54 Å². The topological polar surface area (TPSA) is 43.6 Å². The van der Waals surface area contributed by atoms with Crippen molar-refractivity contribution in [2.75, 3.05) is 0 Å². The number of halogens is 1. The van der Waals surface area contributed by atoms with Crippen molar-refractivity contribution in [3.05, 3.63) is 29.8 Å². The second-order valence-electron chi connectivity index (χ2n) is 4.55. The smallest absolute Gasteiger partial charge is 0.165 e. The summed E-state index contributed by atoms with van der Waals surface area (Å²) in [5.41, 5.74) is 0.773. The zero-order valence-corrected chi connectivity index (χ0v) is 10.2. The van der Waals surface area contributed by atoms with Crippen LogP contribution >= 0.6 is 11.6 Å². The van der Waals surface area contributed by atoms with Crippen LogP contribution in [-0.4, -0.2) is 19.7 Å². The lowest BCUT2D eigenvalue weighted by molar-refractivity contribution is 0.400. The summed E-state index contributed by atoms with van der Waals surface area (Å²) < 4.78 is 1.99. The molecule has 2 rings (SSSR count). The molecule has 0 radical (unpaired) electrons. The van der Waals surface area contributed by atoms with Crippen molar-refractivity contribution >= 4 is 11.6 Å². The third-order valence-corrected chi connectivity index (χ3v) is 2.59. The van der Waals surface area contributed by atoms with Crippen LogP contribution in [0.5, 0.6) is 0 Å². The van der Waals surface area contributed by atoms with Gasteiger partial charge >= 0.3 is 0 Å². The van der Waals surface area contributed by atoms with Gasteiger partial charge in [-0.2, -0.15) is 0 Å². The van der Waals surface area contributed by atoms with Crippen LogP contribution in [0.3, 0.4) is 0 Å². The Kier molecular flexibility index (Phi) is 2.68. The Bertz CT molecular complexity index is 499. The van der Waals surface area contributed by atoms with Gasteiger partial charge in [-0.05, 0) is 26.8 Å². The first kappa shape index (κ1) is 11.1. The van der Waals surface area contributed by atoms with Crippen molar-refractivity contribution in [3.8, 4) is 11.4 Å². The number of pyridine rings is 1. The number of hydrogen-bond acceptors (Lipinski definition) is 3. The van der Waals surface area contributed by atoms with E-state index >= 15 is 0 Å². The van der Waals surface area contributed by atoms with E-state index in [9.17, 15) is 0 Å². The monoisotopic (exact) mass is 236 g/mol. The van der Waals surface area contributed by atoms with Crippen molar-refractivity contribution in [1.82, 2.24) is 19.7 Å². The van der Waals surface area contributed by atoms with E-state index in [2.05, 4.69) is 36.0 Å². The number of aromatic nitrogens is 4. The number of nitrogens with zero attached hydrogens (tertiary/aromatic N) is 4. The molecule has 2 aromatic heterocycles. The van der Waals surface area contributed by atoms with Gasteiger partial charge in [0.1, 0.15) is 6.33 Å². The van der Waals surface area contributed by atoms with Crippen LogP contribution < -0.4 is 0 Å². The van der Waals surface area contributed by atoms with Gasteiger partial charge in [-0.15, -0.1) is 10.2 Å². The van der Waals surface area contributed by atoms with Gasteiger partial charge in [-0.25, -0.2) is 0 Å². The molecule has 0 aliphatic rings. The van der Waals surface area contributed by atoms with Crippen LogP contribution in [0.15, 0.2) is 24.8 Å². The summed E-state index contributed by atoms with van der Waals surface area (Å²) in [5.74, 6) is 0.764. The van der Waals surface area contributed by atoms with Gasteiger partial charge in [-0.3, -0.25) is 4.98 Å². The number of hydrogen-bond donors (Lipinski definition) is 0. The Morgan fingerprint density at radius 3 is 2.69 bits per heavy atom. The molecule has 0 aliphatic carbocycles. The van der Waals surface area contributed by atoms with Gasteiger partial charge < -0.3 is 4.57 Å². The first-order valence-electron chi connectivity index (χ1n) is 5.00. The molecule has 0 unspecified atom stereocenters. The predicted molar refractivity (Wildman–Crippen MR) is 63.3 cm³/mol. The van der Waals surface area contributed by atoms with E-state index < -0.39 is 0 Å². The minimum absolute atomic E-state index is 0.0779. The Balaban J connectivity index is 2.58. The fourth-order valence-electron chi connectivity index (χ4n) is 1.47. The summed E-state index contributed by atoms with van der Waals surface area (Å²) in [6.07, 6.45) is 5.02. The molecule has 0 amide bonds. The highest BCUT2D eigenvalue weighted by atomic mass is 35.5. The molecule has 5 heteroatoms. The second kappa shape index (κ2) is 3.87. The van der Waals surface area contributed by atoms with E-state index in [0.717, 1.165) is 11.4 Å². The lowest BCUT2D eigenvalue weighted by Crippen LogP contribution is -2.21. The van der Waals surface area contributed by atoms with E-state index in [4.69, 9.17) is 11.6 Å². The molecule has 2 aromatic rings. The summed E-state index contributed by atoms with van der Waals surface area (Å²) in [5, 5.41) is 8.64. The Morgan fingerprint density at radius 2 is 2.06 bits per heavy atom. The zero-order valence-electron chi connectivity index (χ0n) is 9.48. The minimum Gasteiger partial charge on any atom is -0.308 e. The molecule has 0 spiro atoms. The predicted octanol–water partition coefficient (Wildman–Crippen LogP) is 2.75. The molecule has 0 fully saturated rings. The molecule has 0 bridgehead atoms. The third kappa shape index (κ3) is 1.93. The zero-order chi connectivity index (χ0) is 11.8. The molecule has 0 atom stereocenters. The summed E-state index contributed by atoms with van der Waals surface area (Å²) in [4.78, 5) is 3.96. The van der Waals surface area contributed by atoms with Gasteiger partial charge in [0, 0.05) is 23.5 Å². The molecule has 0 aliphatic heterocycles. The van der Waals surface area contributed by atoms with Gasteiger partial charge in [0.15, 0.2) is 5.82 Å². The van der Waals surface area contributed by atoms with Crippen molar-refractivity contribution in [1.29, 1.82) is 0 Å². The van der Waals surface area contributed by atoms with E-state index in [1.54, 1.807) is 18.7 Å². The fourth-order valence-corrected chi connectivity index (χ4v) is 1.67. The normalized spacial score (nSPS) is 11.8. The highest BCUT2D eigenvalue weighted by Crippen LogP contribution is 2.28. The van der Waals surface area contributed by atoms with Gasteiger partial charge in [0.05, 0.1) is 5.02 Å². The fraction of sp³-hybridized carbons (Fsp3) is 0.364. The minimum atomic E-state index is -0.0779. The van der Waals surface area contributed by atoms with E-state index in [1.807, 2.05) is 10.6 Å². The molecule has 0 saturated carbocycles. The highest BCUT2D eigenvalue weighted by molar-refractivity contribution is 6.33. The molecule has 4 nitrogen and oxygen atoms in total. The lowest BCUT2D eigenvalue weighted by atomic mass is 10.1. The van der Waals surface area contributed by atoms with Crippen molar-refractivity contribution < 1.29 is 0 Å². The SMILES string of the molecule is CC(C)(C)n1cnnc1-c1ccncc1Cl. The van der Waals surface area contributed by atoms with Crippen molar-refractivity contribution in [2.45, 2.75) is 26.3 Å². The quantitative estimate of drug-likeness (QED) is 0.765. The molecule has 0 saturated heterocycles. The van der Waals surface area contributed by atoms with Crippen LogP contribution in [0.1, 0.15) is 20.8 Å². The first-order valence-corrected chi connectivity index (χ1v) is 5.38. The maximum Gasteiger partial charge on any atom is 0.165 e. The molecule has 0 aromatic carbocycles. The standard InChI is InChI=1S/C11H13ClN4/c1-11(2,3)16-7-14-15-10(16)8-4-5-13-6-9(8)12/h4-7H,1-3H3. The lowest BCUT2D eigenvalue weighted by Gasteiger charge is -2.22. The van der Waals surface area contributed by atoms with Crippen molar-refractivity contribution in [2.24, 2.45) is 0 Å². The Labute approximate surface area is 99.3 Å². The Hall–Kier alpha value is -1.42. The largest absolute Gasteiger partial charge is 0.308 e. The summed E-state index contributed by atoms with van der Waals surface area (Å²) in [7, 11) is 0. The average Bonchev–Trinajstić information content (AvgIpc) is 2.66. The summed E-state index contributed by atoms with van der Waals surface area (Å²) >= 11 is 6.09. The van der Waals surface area contributed by atoms with Gasteiger partial charge in [0.2, 0.25) is 0 Å². The van der Waals surface area contributed by atoms with Gasteiger partial charge in [0.25, 0.3) is 0 Å².